The first-order chi connectivity index (χ1) is 39.8. The van der Waals surface area contributed by atoms with Crippen LogP contribution in [0.1, 0.15) is 93.0 Å². The van der Waals surface area contributed by atoms with Gasteiger partial charge in [-0.05, 0) is 79.1 Å². The van der Waals surface area contributed by atoms with Gasteiger partial charge < -0.3 is 87.1 Å². The van der Waals surface area contributed by atoms with Crippen LogP contribution in [0.3, 0.4) is 0 Å². The molecule has 4 aromatic carbocycles. The highest BCUT2D eigenvalue weighted by Gasteiger charge is 2.50. The van der Waals surface area contributed by atoms with Crippen LogP contribution in [0.2, 0.25) is 0 Å². The molecule has 3 aliphatic rings. The number of halogens is 2. The van der Waals surface area contributed by atoms with Crippen LogP contribution in [0.25, 0.3) is 10.8 Å². The van der Waals surface area contributed by atoms with Gasteiger partial charge in [-0.15, -0.1) is 0 Å². The number of carbonyl (C=O) groups is 7. The number of nitrogens with zero attached hydrogens (tertiary/aromatic N) is 2. The summed E-state index contributed by atoms with van der Waals surface area (Å²) in [6, 6.07) is 3.57. The maximum atomic E-state index is 15.0. The molecule has 0 aliphatic carbocycles. The molecule has 7 rings (SSSR count). The van der Waals surface area contributed by atoms with Crippen molar-refractivity contribution < 1.29 is 93.0 Å². The van der Waals surface area contributed by atoms with Crippen molar-refractivity contribution in [2.24, 2.45) is 5.92 Å². The van der Waals surface area contributed by atoms with Crippen molar-refractivity contribution in [3.8, 4) is 23.3 Å². The smallest absolute Gasteiger partial charge is 0.251 e. The van der Waals surface area contributed by atoms with E-state index in [0.717, 1.165) is 60.8 Å². The summed E-state index contributed by atoms with van der Waals surface area (Å²) in [6.45, 7) is 4.78. The summed E-state index contributed by atoms with van der Waals surface area (Å²) in [5, 5.41) is 112. The van der Waals surface area contributed by atoms with Gasteiger partial charge in [-0.2, -0.15) is 0 Å². The Kier molecular flexibility index (Phi) is 21.0. The fraction of sp³-hybridized carbons (Fsp3) is 0.466. The lowest BCUT2D eigenvalue weighted by Gasteiger charge is -2.34. The Morgan fingerprint density at radius 2 is 1.35 bits per heavy atom. The minimum Gasteiger partial charge on any atom is -0.508 e. The van der Waals surface area contributed by atoms with Crippen molar-refractivity contribution in [1.29, 1.82) is 0 Å². The van der Waals surface area contributed by atoms with Crippen LogP contribution in [0.4, 0.5) is 8.78 Å². The lowest BCUT2D eigenvalue weighted by Crippen LogP contribution is -2.64. The topological polar surface area (TPSA) is 377 Å². The molecule has 24 nitrogen and oxygen atoms in total. The molecule has 3 aliphatic heterocycles. The summed E-state index contributed by atoms with van der Waals surface area (Å²) in [4.78, 5) is 102. The van der Waals surface area contributed by atoms with E-state index in [4.69, 9.17) is 4.74 Å². The van der Waals surface area contributed by atoms with Gasteiger partial charge in [0.05, 0.1) is 36.6 Å². The SMILES string of the molecule is CCCCCOc1cc(F)c(C#Cc2ccc3cc(C(=O)N[C@H]4C[C@@H](O)[C@@H](O)NC(=O)[C@@H]5[C@@H](O)[C@@H](C)CN5C(=O)[C@H]([C@@H](C)O)NC(=O)[C@H]([C@H](O)[C@@H](O)c5ccc(O)cc5)NC(=O)[C@@H]5C[C@@H](O)CN5C(=O)[C@H]([C@@H](C)O)NC4=O)ccc3c2)cc1F. The van der Waals surface area contributed by atoms with Gasteiger partial charge in [-0.1, -0.05) is 62.8 Å². The minimum absolute atomic E-state index is 0.0889. The molecule has 0 saturated carbocycles. The Morgan fingerprint density at radius 3 is 2.01 bits per heavy atom. The Balaban J connectivity index is 1.20. The molecule has 14 N–H and O–H groups in total. The number of phenols is 1. The number of carbonyl (C=O) groups excluding carboxylic acids is 7. The Morgan fingerprint density at radius 1 is 0.714 bits per heavy atom. The maximum Gasteiger partial charge on any atom is 0.251 e. The van der Waals surface area contributed by atoms with Crippen molar-refractivity contribution >= 4 is 52.1 Å². The third-order valence-electron chi connectivity index (χ3n) is 14.9. The van der Waals surface area contributed by atoms with E-state index in [1.807, 2.05) is 6.92 Å². The second-order valence-electron chi connectivity index (χ2n) is 21.4. The fourth-order valence-electron chi connectivity index (χ4n) is 10.1. The zero-order chi connectivity index (χ0) is 61.4. The summed E-state index contributed by atoms with van der Waals surface area (Å²) in [6.07, 6.45) is -14.7. The Bertz CT molecular complexity index is 3160. The number of aromatic hydroxyl groups is 1. The molecular formula is C58H69F2N7O17. The molecular weight excluding hydrogens is 1100 g/mol. The van der Waals surface area contributed by atoms with E-state index in [1.54, 1.807) is 18.2 Å². The van der Waals surface area contributed by atoms with Gasteiger partial charge in [-0.25, -0.2) is 8.78 Å². The van der Waals surface area contributed by atoms with Gasteiger partial charge in [0.15, 0.2) is 17.8 Å². The number of rotatable bonds is 12. The van der Waals surface area contributed by atoms with Crippen LogP contribution in [0.15, 0.2) is 72.8 Å². The third-order valence-corrected chi connectivity index (χ3v) is 14.9. The van der Waals surface area contributed by atoms with Crippen LogP contribution in [-0.2, 0) is 28.8 Å². The number of hydrogen-bond donors (Lipinski definition) is 14. The molecule has 0 radical (unpaired) electrons. The molecule has 0 unspecified atom stereocenters. The number of amides is 7. The lowest BCUT2D eigenvalue weighted by molar-refractivity contribution is -0.148. The third kappa shape index (κ3) is 14.9. The normalized spacial score (nSPS) is 27.1. The minimum atomic E-state index is -2.34. The highest BCUT2D eigenvalue weighted by Crippen LogP contribution is 2.29. The van der Waals surface area contributed by atoms with Gasteiger partial charge in [0.2, 0.25) is 35.4 Å². The molecule has 7 amide bonds. The fourth-order valence-corrected chi connectivity index (χ4v) is 10.1. The van der Waals surface area contributed by atoms with Crippen LogP contribution in [0, 0.1) is 29.4 Å². The Labute approximate surface area is 480 Å². The van der Waals surface area contributed by atoms with E-state index < -0.39 is 170 Å². The largest absolute Gasteiger partial charge is 0.508 e. The van der Waals surface area contributed by atoms with E-state index in [1.165, 1.54) is 37.3 Å². The molecule has 0 spiro atoms. The molecule has 4 aromatic rings. The molecule has 84 heavy (non-hydrogen) atoms. The van der Waals surface area contributed by atoms with Crippen molar-refractivity contribution in [2.45, 2.75) is 145 Å². The van der Waals surface area contributed by atoms with E-state index >= 15 is 0 Å². The quantitative estimate of drug-likeness (QED) is 0.0571. The van der Waals surface area contributed by atoms with Gasteiger partial charge in [0.25, 0.3) is 5.91 Å². The van der Waals surface area contributed by atoms with Gasteiger partial charge >= 0.3 is 0 Å². The predicted octanol–water partition coefficient (Wildman–Crippen LogP) is -1.43. The first-order valence-electron chi connectivity index (χ1n) is 27.3. The van der Waals surface area contributed by atoms with E-state index in [2.05, 4.69) is 38.4 Å². The van der Waals surface area contributed by atoms with E-state index in [-0.39, 0.29) is 34.8 Å². The van der Waals surface area contributed by atoms with Crippen LogP contribution < -0.4 is 31.3 Å². The van der Waals surface area contributed by atoms with Crippen LogP contribution >= 0.6 is 0 Å². The van der Waals surface area contributed by atoms with E-state index in [9.17, 15) is 88.3 Å². The summed E-state index contributed by atoms with van der Waals surface area (Å²) < 4.78 is 35.1. The predicted molar refractivity (Wildman–Crippen MR) is 292 cm³/mol. The summed E-state index contributed by atoms with van der Waals surface area (Å²) >= 11 is 0. The molecule has 0 bridgehead atoms. The number of unbranched alkanes of at least 4 members (excludes halogenated alkanes) is 2. The standard InChI is InChI=1S/C58H69F2N7O17/c1-5-6-7-18-84-43-23-38(59)34(21-39(43)60)11-9-30-8-10-33-20-35(13-12-32(33)19-30)51(76)61-40-24-42(72)54(79)65-56(81)47-48(73)27(2)25-67(47)58(83)45(29(4)69)63-55(80)46(50(75)49(74)31-14-16-36(70)17-15-31)64-53(78)41-22-37(71)26-66(41)57(82)44(28(3)68)62-52(40)77/h8,10,12-17,19-21,23,27-29,37,40-42,44-50,54,68-75,79H,5-7,18,22,24-26H2,1-4H3,(H,61,76)(H,62,77)(H,63,80)(H,64,78)(H,65,81)/t27-,28+,29+,37+,40-,41-,42+,44-,45-,46-,47-,48-,49-,50-,54+/m0/s1. The highest BCUT2D eigenvalue weighted by molar-refractivity contribution is 6.02. The number of nitrogens with one attached hydrogen (secondary N) is 5. The molecule has 3 saturated heterocycles. The maximum absolute atomic E-state index is 15.0. The lowest BCUT2D eigenvalue weighted by atomic mass is 9.96. The molecule has 452 valence electrons. The zero-order valence-corrected chi connectivity index (χ0v) is 46.2. The number of fused-ring (bicyclic) bond motifs is 3. The number of aliphatic hydroxyl groups excluding tert-OH is 8. The number of aliphatic hydroxyl groups is 8. The number of ether oxygens (including phenoxy) is 1. The number of phenolic OH excluding ortho intramolecular Hbond substituents is 1. The highest BCUT2D eigenvalue weighted by atomic mass is 19.1. The summed E-state index contributed by atoms with van der Waals surface area (Å²) in [5.74, 6) is -6.20. The average molecular weight is 1170 g/mol. The van der Waals surface area contributed by atoms with Crippen LogP contribution in [0.5, 0.6) is 11.5 Å². The van der Waals surface area contributed by atoms with Crippen molar-refractivity contribution in [1.82, 2.24) is 36.4 Å². The van der Waals surface area contributed by atoms with Crippen LogP contribution in [-0.4, -0.2) is 196 Å². The molecule has 3 fully saturated rings. The van der Waals surface area contributed by atoms with Crippen molar-refractivity contribution in [3.63, 3.8) is 0 Å². The number of benzene rings is 4. The first kappa shape index (κ1) is 63.7. The molecule has 3 heterocycles. The molecule has 15 atom stereocenters. The summed E-state index contributed by atoms with van der Waals surface area (Å²) in [7, 11) is 0. The van der Waals surface area contributed by atoms with Gasteiger partial charge in [-0.3, -0.25) is 33.6 Å². The zero-order valence-electron chi connectivity index (χ0n) is 46.2. The Hall–Kier alpha value is -7.87. The van der Waals surface area contributed by atoms with Gasteiger partial charge in [0, 0.05) is 49.0 Å². The second kappa shape index (κ2) is 27.7. The summed E-state index contributed by atoms with van der Waals surface area (Å²) in [5.41, 5.74) is -0.0247. The molecule has 26 heteroatoms. The molecule has 0 aromatic heterocycles. The second-order valence-corrected chi connectivity index (χ2v) is 21.4. The number of hydrogen-bond acceptors (Lipinski definition) is 17. The van der Waals surface area contributed by atoms with Gasteiger partial charge in [0.1, 0.15) is 66.1 Å². The average Bonchev–Trinajstić information content (AvgIpc) is 4.15. The van der Waals surface area contributed by atoms with Crippen molar-refractivity contribution in [3.05, 3.63) is 107 Å². The monoisotopic (exact) mass is 1170 g/mol. The first-order valence-corrected chi connectivity index (χ1v) is 27.3. The van der Waals surface area contributed by atoms with Crippen molar-refractivity contribution in [2.75, 3.05) is 19.7 Å². The van der Waals surface area contributed by atoms with E-state index in [0.29, 0.717) is 22.8 Å².